The predicted octanol–water partition coefficient (Wildman–Crippen LogP) is 3.16. The van der Waals surface area contributed by atoms with Crippen molar-refractivity contribution in [3.63, 3.8) is 0 Å². The molecule has 1 nitrogen and oxygen atoms in total. The summed E-state index contributed by atoms with van der Waals surface area (Å²) < 4.78 is 5.39. The highest BCUT2D eigenvalue weighted by atomic mass is 16.5. The molecule has 0 saturated carbocycles. The van der Waals surface area contributed by atoms with E-state index in [4.69, 9.17) is 4.74 Å². The molecule has 0 radical (unpaired) electrons. The fourth-order valence-electron chi connectivity index (χ4n) is 0.874. The molecule has 0 aromatic carbocycles. The lowest BCUT2D eigenvalue weighted by Crippen LogP contribution is -1.95. The van der Waals surface area contributed by atoms with Crippen molar-refractivity contribution < 1.29 is 4.74 Å². The maximum absolute atomic E-state index is 5.39. The van der Waals surface area contributed by atoms with E-state index in [0.29, 0.717) is 0 Å². The van der Waals surface area contributed by atoms with E-state index in [0.717, 1.165) is 19.6 Å². The fraction of sp³-hybridized carbons (Fsp3) is 0.800. The Kier molecular flexibility index (Phi) is 9.44. The Morgan fingerprint density at radius 2 is 2.00 bits per heavy atom. The lowest BCUT2D eigenvalue weighted by atomic mass is 10.3. The van der Waals surface area contributed by atoms with Gasteiger partial charge >= 0.3 is 0 Å². The Balaban J connectivity index is 2.79. The molecule has 1 heteroatoms. The van der Waals surface area contributed by atoms with E-state index >= 15 is 0 Å². The van der Waals surface area contributed by atoms with Gasteiger partial charge in [-0.25, -0.2) is 0 Å². The van der Waals surface area contributed by atoms with Gasteiger partial charge in [0.15, 0.2) is 0 Å². The van der Waals surface area contributed by atoms with Crippen LogP contribution in [-0.4, -0.2) is 13.2 Å². The molecule has 11 heavy (non-hydrogen) atoms. The van der Waals surface area contributed by atoms with Crippen molar-refractivity contribution in [2.24, 2.45) is 0 Å². The van der Waals surface area contributed by atoms with E-state index in [-0.39, 0.29) is 0 Å². The second-order valence-electron chi connectivity index (χ2n) is 2.68. The van der Waals surface area contributed by atoms with Gasteiger partial charge in [-0.1, -0.05) is 31.9 Å². The first-order valence-corrected chi connectivity index (χ1v) is 4.60. The number of hydrogen-bond donors (Lipinski definition) is 0. The van der Waals surface area contributed by atoms with Crippen LogP contribution in [0.4, 0.5) is 0 Å². The van der Waals surface area contributed by atoms with Crippen LogP contribution in [0.25, 0.3) is 0 Å². The van der Waals surface area contributed by atoms with Crippen molar-refractivity contribution in [3.05, 3.63) is 12.2 Å². The van der Waals surface area contributed by atoms with Gasteiger partial charge in [0, 0.05) is 6.61 Å². The van der Waals surface area contributed by atoms with Gasteiger partial charge in [-0.05, 0) is 19.8 Å². The van der Waals surface area contributed by atoms with Gasteiger partial charge in [0.25, 0.3) is 0 Å². The van der Waals surface area contributed by atoms with E-state index in [1.54, 1.807) is 0 Å². The molecule has 0 aromatic rings. The van der Waals surface area contributed by atoms with Crippen molar-refractivity contribution in [1.29, 1.82) is 0 Å². The first kappa shape index (κ1) is 10.7. The molecule has 0 aliphatic rings. The number of rotatable bonds is 7. The van der Waals surface area contributed by atoms with Gasteiger partial charge in [0.2, 0.25) is 0 Å². The molecule has 0 atom stereocenters. The first-order chi connectivity index (χ1) is 5.41. The largest absolute Gasteiger partial charge is 0.381 e. The summed E-state index contributed by atoms with van der Waals surface area (Å²) in [5.74, 6) is 0. The molecular formula is C10H20O. The van der Waals surface area contributed by atoms with Crippen LogP contribution >= 0.6 is 0 Å². The molecule has 0 saturated heterocycles. The van der Waals surface area contributed by atoms with Gasteiger partial charge in [-0.2, -0.15) is 0 Å². The molecule has 0 heterocycles. The van der Waals surface area contributed by atoms with Crippen molar-refractivity contribution in [2.45, 2.75) is 39.5 Å². The van der Waals surface area contributed by atoms with Crippen LogP contribution in [-0.2, 0) is 4.74 Å². The van der Waals surface area contributed by atoms with Crippen LogP contribution in [0, 0.1) is 0 Å². The predicted molar refractivity (Wildman–Crippen MR) is 49.8 cm³/mol. The monoisotopic (exact) mass is 156 g/mol. The fourth-order valence-corrected chi connectivity index (χ4v) is 0.874. The first-order valence-electron chi connectivity index (χ1n) is 4.60. The lowest BCUT2D eigenvalue weighted by Gasteiger charge is -2.00. The topological polar surface area (TPSA) is 9.23 Å². The Morgan fingerprint density at radius 1 is 1.18 bits per heavy atom. The number of unbranched alkanes of at least 4 members (excludes halogenated alkanes) is 2. The van der Waals surface area contributed by atoms with Crippen LogP contribution in [0.5, 0.6) is 0 Å². The second kappa shape index (κ2) is 9.70. The summed E-state index contributed by atoms with van der Waals surface area (Å²) in [4.78, 5) is 0. The molecule has 0 N–H and O–H groups in total. The van der Waals surface area contributed by atoms with Gasteiger partial charge in [-0.15, -0.1) is 0 Å². The summed E-state index contributed by atoms with van der Waals surface area (Å²) >= 11 is 0. The van der Waals surface area contributed by atoms with Crippen LogP contribution in [0.3, 0.4) is 0 Å². The Morgan fingerprint density at radius 3 is 2.64 bits per heavy atom. The minimum absolute atomic E-state index is 0.883. The van der Waals surface area contributed by atoms with Crippen LogP contribution in [0.1, 0.15) is 39.5 Å². The summed E-state index contributed by atoms with van der Waals surface area (Å²) in [5.41, 5.74) is 0. The highest BCUT2D eigenvalue weighted by Gasteiger charge is 1.85. The third-order valence-corrected chi connectivity index (χ3v) is 1.56. The van der Waals surface area contributed by atoms with E-state index < -0.39 is 0 Å². The number of hydrogen-bond acceptors (Lipinski definition) is 1. The Bertz CT molecular complexity index is 86.9. The van der Waals surface area contributed by atoms with Crippen molar-refractivity contribution in [2.75, 3.05) is 13.2 Å². The smallest absolute Gasteiger partial charge is 0.0500 e. The van der Waals surface area contributed by atoms with Crippen LogP contribution in [0.2, 0.25) is 0 Å². The normalized spacial score (nSPS) is 11.1. The number of allylic oxidation sites excluding steroid dienone is 1. The Hall–Kier alpha value is -0.300. The SMILES string of the molecule is CC=CCCOCCCCC. The zero-order valence-corrected chi connectivity index (χ0v) is 7.81. The van der Waals surface area contributed by atoms with Crippen molar-refractivity contribution in [1.82, 2.24) is 0 Å². The second-order valence-corrected chi connectivity index (χ2v) is 2.68. The standard InChI is InChI=1S/C10H20O/c1-3-5-7-9-11-10-8-6-4-2/h3,5H,4,6-10H2,1-2H3. The van der Waals surface area contributed by atoms with Gasteiger partial charge < -0.3 is 4.74 Å². The van der Waals surface area contributed by atoms with Crippen molar-refractivity contribution in [3.8, 4) is 0 Å². The highest BCUT2D eigenvalue weighted by Crippen LogP contribution is 1.94. The van der Waals surface area contributed by atoms with Crippen LogP contribution in [0.15, 0.2) is 12.2 Å². The average molecular weight is 156 g/mol. The maximum Gasteiger partial charge on any atom is 0.0500 e. The third-order valence-electron chi connectivity index (χ3n) is 1.56. The molecule has 0 aliphatic heterocycles. The molecule has 0 amide bonds. The molecular weight excluding hydrogens is 136 g/mol. The maximum atomic E-state index is 5.39. The zero-order chi connectivity index (χ0) is 8.36. The highest BCUT2D eigenvalue weighted by molar-refractivity contribution is 4.75. The summed E-state index contributed by atoms with van der Waals surface area (Å²) in [7, 11) is 0. The van der Waals surface area contributed by atoms with E-state index in [9.17, 15) is 0 Å². The minimum Gasteiger partial charge on any atom is -0.381 e. The third kappa shape index (κ3) is 9.70. The quantitative estimate of drug-likeness (QED) is 0.406. The summed E-state index contributed by atoms with van der Waals surface area (Å²) in [6, 6.07) is 0. The number of ether oxygens (including phenoxy) is 1. The van der Waals surface area contributed by atoms with Gasteiger partial charge in [-0.3, -0.25) is 0 Å². The molecule has 0 rings (SSSR count). The van der Waals surface area contributed by atoms with E-state index in [1.165, 1.54) is 19.3 Å². The van der Waals surface area contributed by atoms with E-state index in [2.05, 4.69) is 19.1 Å². The van der Waals surface area contributed by atoms with E-state index in [1.807, 2.05) is 6.92 Å². The summed E-state index contributed by atoms with van der Waals surface area (Å²) in [6.45, 7) is 6.07. The lowest BCUT2D eigenvalue weighted by molar-refractivity contribution is 0.134. The molecule has 0 aliphatic carbocycles. The Labute approximate surface area is 70.4 Å². The summed E-state index contributed by atoms with van der Waals surface area (Å²) in [5, 5.41) is 0. The van der Waals surface area contributed by atoms with Crippen LogP contribution < -0.4 is 0 Å². The zero-order valence-electron chi connectivity index (χ0n) is 7.81. The van der Waals surface area contributed by atoms with Crippen molar-refractivity contribution >= 4 is 0 Å². The molecule has 0 bridgehead atoms. The molecule has 0 fully saturated rings. The van der Waals surface area contributed by atoms with Gasteiger partial charge in [0.1, 0.15) is 0 Å². The molecule has 0 spiro atoms. The summed E-state index contributed by atoms with van der Waals surface area (Å²) in [6.07, 6.45) is 9.05. The average Bonchev–Trinajstić information content (AvgIpc) is 2.03. The van der Waals surface area contributed by atoms with Gasteiger partial charge in [0.05, 0.1) is 6.61 Å². The molecule has 66 valence electrons. The molecule has 0 unspecified atom stereocenters. The minimum atomic E-state index is 0.883. The molecule has 0 aromatic heterocycles.